The van der Waals surface area contributed by atoms with Crippen molar-refractivity contribution >= 4 is 11.9 Å². The lowest BCUT2D eigenvalue weighted by atomic mass is 9.89. The molecule has 1 atom stereocenters. The molecule has 0 rings (SSSR count). The second-order valence-electron chi connectivity index (χ2n) is 5.78. The number of carbonyl (C=O) groups is 2. The highest BCUT2D eigenvalue weighted by Gasteiger charge is 2.18. The van der Waals surface area contributed by atoms with Crippen LogP contribution in [0.25, 0.3) is 0 Å². The van der Waals surface area contributed by atoms with Crippen molar-refractivity contribution in [3.8, 4) is 0 Å². The third kappa shape index (κ3) is 7.55. The van der Waals surface area contributed by atoms with Crippen LogP contribution in [0.4, 0.5) is 0 Å². The number of aliphatic hydroxyl groups excluding tert-OH is 1. The van der Waals surface area contributed by atoms with E-state index in [0.717, 1.165) is 37.7 Å². The summed E-state index contributed by atoms with van der Waals surface area (Å²) in [5.74, 6) is -0.853. The molecule has 4 nitrogen and oxygen atoms in total. The Bertz CT molecular complexity index is 421. The average Bonchev–Trinajstić information content (AvgIpc) is 2.49. The van der Waals surface area contributed by atoms with Crippen molar-refractivity contribution in [1.29, 1.82) is 0 Å². The van der Waals surface area contributed by atoms with Gasteiger partial charge in [-0.3, -0.25) is 0 Å². The third-order valence-corrected chi connectivity index (χ3v) is 3.86. The maximum atomic E-state index is 12.0. The van der Waals surface area contributed by atoms with Crippen LogP contribution in [0.15, 0.2) is 23.3 Å². The first-order chi connectivity index (χ1) is 10.4. The molecule has 1 unspecified atom stereocenters. The minimum atomic E-state index is -0.703. The van der Waals surface area contributed by atoms with E-state index < -0.39 is 11.9 Å². The topological polar surface area (TPSA) is 63.6 Å². The van der Waals surface area contributed by atoms with Crippen molar-refractivity contribution in [3.05, 3.63) is 23.3 Å². The van der Waals surface area contributed by atoms with Gasteiger partial charge in [0.1, 0.15) is 0 Å². The van der Waals surface area contributed by atoms with Crippen LogP contribution in [-0.2, 0) is 14.3 Å². The highest BCUT2D eigenvalue weighted by atomic mass is 16.6. The van der Waals surface area contributed by atoms with Crippen molar-refractivity contribution in [3.63, 3.8) is 0 Å². The molecule has 0 radical (unpaired) electrons. The fraction of sp³-hybridized carbons (Fsp3) is 0.667. The Hall–Kier alpha value is -1.42. The Morgan fingerprint density at radius 3 is 2.27 bits per heavy atom. The largest absolute Gasteiger partial charge is 0.396 e. The Morgan fingerprint density at radius 2 is 1.82 bits per heavy atom. The lowest BCUT2D eigenvalue weighted by Gasteiger charge is -2.18. The van der Waals surface area contributed by atoms with Crippen molar-refractivity contribution in [2.24, 2.45) is 5.92 Å². The second kappa shape index (κ2) is 11.2. The fourth-order valence-corrected chi connectivity index (χ4v) is 2.26. The number of hydrogen-bond acceptors (Lipinski definition) is 4. The molecule has 126 valence electrons. The summed E-state index contributed by atoms with van der Waals surface area (Å²) in [7, 11) is 0. The molecular weight excluding hydrogens is 280 g/mol. The summed E-state index contributed by atoms with van der Waals surface area (Å²) in [6, 6.07) is 0. The van der Waals surface area contributed by atoms with Gasteiger partial charge in [0.15, 0.2) is 0 Å². The summed E-state index contributed by atoms with van der Waals surface area (Å²) >= 11 is 0. The van der Waals surface area contributed by atoms with Gasteiger partial charge in [-0.2, -0.15) is 0 Å². The summed E-state index contributed by atoms with van der Waals surface area (Å²) in [5.41, 5.74) is 1.50. The van der Waals surface area contributed by atoms with Crippen LogP contribution in [-0.4, -0.2) is 23.7 Å². The van der Waals surface area contributed by atoms with E-state index in [1.165, 1.54) is 6.92 Å². The smallest absolute Gasteiger partial charge is 0.341 e. The van der Waals surface area contributed by atoms with Crippen molar-refractivity contribution in [1.82, 2.24) is 0 Å². The molecule has 0 aromatic heterocycles. The molecule has 0 bridgehead atoms. The van der Waals surface area contributed by atoms with E-state index in [9.17, 15) is 14.7 Å². The van der Waals surface area contributed by atoms with Gasteiger partial charge in [0.05, 0.1) is 0 Å². The zero-order chi connectivity index (χ0) is 17.1. The van der Waals surface area contributed by atoms with Crippen molar-refractivity contribution in [2.45, 2.75) is 66.2 Å². The number of rotatable bonds is 10. The van der Waals surface area contributed by atoms with E-state index in [0.29, 0.717) is 17.9 Å². The molecule has 0 amide bonds. The molecule has 4 heteroatoms. The number of esters is 2. The van der Waals surface area contributed by atoms with Crippen LogP contribution in [0, 0.1) is 5.92 Å². The van der Waals surface area contributed by atoms with Crippen molar-refractivity contribution < 1.29 is 19.4 Å². The van der Waals surface area contributed by atoms with E-state index in [-0.39, 0.29) is 12.2 Å². The SMILES string of the molecule is C=C(C)C(=O)OC(=O)C(C)=C(CCO)CC(CC)CCCC. The van der Waals surface area contributed by atoms with Crippen LogP contribution in [0.3, 0.4) is 0 Å². The number of hydrogen-bond donors (Lipinski definition) is 1. The van der Waals surface area contributed by atoms with Gasteiger partial charge in [-0.15, -0.1) is 0 Å². The third-order valence-electron chi connectivity index (χ3n) is 3.86. The van der Waals surface area contributed by atoms with Gasteiger partial charge in [-0.25, -0.2) is 9.59 Å². The fourth-order valence-electron chi connectivity index (χ4n) is 2.26. The van der Waals surface area contributed by atoms with Crippen LogP contribution >= 0.6 is 0 Å². The molecule has 22 heavy (non-hydrogen) atoms. The van der Waals surface area contributed by atoms with E-state index in [4.69, 9.17) is 4.74 Å². The van der Waals surface area contributed by atoms with Gasteiger partial charge in [-0.05, 0) is 32.6 Å². The highest BCUT2D eigenvalue weighted by molar-refractivity contribution is 6.01. The minimum Gasteiger partial charge on any atom is -0.396 e. The zero-order valence-corrected chi connectivity index (χ0v) is 14.4. The van der Waals surface area contributed by atoms with E-state index >= 15 is 0 Å². The quantitative estimate of drug-likeness (QED) is 0.377. The average molecular weight is 310 g/mol. The maximum Gasteiger partial charge on any atom is 0.341 e. The first-order valence-electron chi connectivity index (χ1n) is 8.08. The highest BCUT2D eigenvalue weighted by Crippen LogP contribution is 2.25. The maximum absolute atomic E-state index is 12.0. The van der Waals surface area contributed by atoms with Crippen LogP contribution in [0.5, 0.6) is 0 Å². The molecule has 0 saturated carbocycles. The predicted molar refractivity (Wildman–Crippen MR) is 88.2 cm³/mol. The first-order valence-corrected chi connectivity index (χ1v) is 8.08. The molecule has 0 aromatic carbocycles. The van der Waals surface area contributed by atoms with E-state index in [1.807, 2.05) is 0 Å². The normalized spacial score (nSPS) is 13.3. The Kier molecular flexibility index (Phi) is 10.5. The van der Waals surface area contributed by atoms with Gasteiger partial charge in [0.2, 0.25) is 0 Å². The lowest BCUT2D eigenvalue weighted by molar-refractivity contribution is -0.154. The molecule has 0 aromatic rings. The molecule has 0 fully saturated rings. The van der Waals surface area contributed by atoms with Gasteiger partial charge in [-0.1, -0.05) is 51.7 Å². The van der Waals surface area contributed by atoms with Gasteiger partial charge < -0.3 is 9.84 Å². The Balaban J connectivity index is 5.03. The molecule has 0 heterocycles. The van der Waals surface area contributed by atoms with Crippen LogP contribution in [0.2, 0.25) is 0 Å². The van der Waals surface area contributed by atoms with Gasteiger partial charge in [0.25, 0.3) is 0 Å². The van der Waals surface area contributed by atoms with Crippen LogP contribution in [0.1, 0.15) is 66.2 Å². The molecule has 0 saturated heterocycles. The predicted octanol–water partition coefficient (Wildman–Crippen LogP) is 3.94. The summed E-state index contributed by atoms with van der Waals surface area (Å²) in [6.45, 7) is 10.9. The molecule has 0 aliphatic rings. The van der Waals surface area contributed by atoms with Gasteiger partial charge in [0, 0.05) is 17.8 Å². The van der Waals surface area contributed by atoms with E-state index in [1.54, 1.807) is 6.92 Å². The first kappa shape index (κ1) is 20.6. The standard InChI is InChI=1S/C18H30O4/c1-6-8-9-15(7-2)12-16(10-11-19)14(5)18(21)22-17(20)13(3)4/h15,19H,3,6-12H2,1-2,4-5H3. The van der Waals surface area contributed by atoms with Gasteiger partial charge >= 0.3 is 11.9 Å². The number of ether oxygens (including phenoxy) is 1. The Morgan fingerprint density at radius 1 is 1.18 bits per heavy atom. The number of carbonyl (C=O) groups excluding carboxylic acids is 2. The zero-order valence-electron chi connectivity index (χ0n) is 14.4. The summed E-state index contributed by atoms with van der Waals surface area (Å²) in [5, 5.41) is 9.23. The molecule has 0 aliphatic heterocycles. The molecule has 0 aliphatic carbocycles. The molecule has 0 spiro atoms. The summed E-state index contributed by atoms with van der Waals surface area (Å²) in [6.07, 6.45) is 5.63. The number of unbranched alkanes of at least 4 members (excludes halogenated alkanes) is 1. The van der Waals surface area contributed by atoms with Crippen molar-refractivity contribution in [2.75, 3.05) is 6.61 Å². The minimum absolute atomic E-state index is 0.0153. The Labute approximate surface area is 134 Å². The number of aliphatic hydroxyl groups is 1. The summed E-state index contributed by atoms with van der Waals surface area (Å²) < 4.78 is 4.78. The summed E-state index contributed by atoms with van der Waals surface area (Å²) in [4.78, 5) is 23.5. The van der Waals surface area contributed by atoms with Crippen LogP contribution < -0.4 is 0 Å². The molecular formula is C18H30O4. The molecule has 1 N–H and O–H groups in total. The monoisotopic (exact) mass is 310 g/mol. The lowest BCUT2D eigenvalue weighted by Crippen LogP contribution is -2.16. The van der Waals surface area contributed by atoms with E-state index in [2.05, 4.69) is 20.4 Å². The second-order valence-corrected chi connectivity index (χ2v) is 5.78.